The molecule has 2 fully saturated rings. The van der Waals surface area contributed by atoms with Gasteiger partial charge < -0.3 is 20.0 Å². The number of furan rings is 1. The van der Waals surface area contributed by atoms with E-state index in [4.69, 9.17) is 4.42 Å². The molecule has 1 aromatic carbocycles. The molecule has 0 aliphatic carbocycles. The van der Waals surface area contributed by atoms with Crippen LogP contribution in [-0.4, -0.2) is 47.4 Å². The van der Waals surface area contributed by atoms with Crippen molar-refractivity contribution in [3.05, 3.63) is 60.1 Å². The van der Waals surface area contributed by atoms with Gasteiger partial charge in [-0.05, 0) is 43.5 Å². The molecule has 0 saturated carbocycles. The van der Waals surface area contributed by atoms with Crippen molar-refractivity contribution in [3.8, 4) is 0 Å². The van der Waals surface area contributed by atoms with Crippen LogP contribution in [0.5, 0.6) is 0 Å². The fraction of sp³-hybridized carbons (Fsp3) is 0.318. The van der Waals surface area contributed by atoms with E-state index in [1.54, 1.807) is 18.2 Å². The van der Waals surface area contributed by atoms with Crippen LogP contribution in [0.3, 0.4) is 0 Å². The third-order valence-corrected chi connectivity index (χ3v) is 5.78. The molecule has 7 nitrogen and oxygen atoms in total. The van der Waals surface area contributed by atoms with Crippen LogP contribution in [0.1, 0.15) is 33.7 Å². The SMILES string of the molecule is O=C(Nc1coc2cnc(C(=O)N[C@@H]3C[C@H]4CCN(C4)C3)cc12)c1ccccc1. The number of nitrogens with zero attached hydrogens (tertiary/aromatic N) is 2. The van der Waals surface area contributed by atoms with Crippen LogP contribution in [0.4, 0.5) is 5.69 Å². The first-order chi connectivity index (χ1) is 14.2. The largest absolute Gasteiger partial charge is 0.460 e. The molecule has 2 saturated heterocycles. The maximum absolute atomic E-state index is 12.8. The number of carbonyl (C=O) groups excluding carboxylic acids is 2. The lowest BCUT2D eigenvalue weighted by Gasteiger charge is -2.30. The van der Waals surface area contributed by atoms with Gasteiger partial charge in [0.2, 0.25) is 0 Å². The van der Waals surface area contributed by atoms with E-state index in [2.05, 4.69) is 20.5 Å². The minimum absolute atomic E-state index is 0.155. The molecule has 148 valence electrons. The molecule has 2 aliphatic rings. The zero-order valence-corrected chi connectivity index (χ0v) is 15.9. The number of nitrogens with one attached hydrogen (secondary N) is 2. The average molecular weight is 390 g/mol. The molecular formula is C22H22N4O3. The number of rotatable bonds is 4. The van der Waals surface area contributed by atoms with Gasteiger partial charge >= 0.3 is 0 Å². The first kappa shape index (κ1) is 17.9. The first-order valence-electron chi connectivity index (χ1n) is 9.92. The van der Waals surface area contributed by atoms with Crippen LogP contribution in [-0.2, 0) is 0 Å². The lowest BCUT2D eigenvalue weighted by Crippen LogP contribution is -2.47. The number of benzene rings is 1. The van der Waals surface area contributed by atoms with Crippen molar-refractivity contribution in [2.45, 2.75) is 18.9 Å². The number of carbonyl (C=O) groups is 2. The second-order valence-corrected chi connectivity index (χ2v) is 7.86. The molecule has 2 aliphatic heterocycles. The lowest BCUT2D eigenvalue weighted by atomic mass is 9.97. The standard InChI is InChI=1S/C22H22N4O3/c27-21(15-4-2-1-3-5-15)25-19-13-29-20-10-23-18(9-17(19)20)22(28)24-16-8-14-6-7-26(11-14)12-16/h1-5,9-10,13-14,16H,6-8,11-12H2,(H,24,28)(H,25,27)/t14-,16-/m1/s1. The number of anilines is 1. The predicted molar refractivity (Wildman–Crippen MR) is 109 cm³/mol. The maximum Gasteiger partial charge on any atom is 0.270 e. The van der Waals surface area contributed by atoms with E-state index in [-0.39, 0.29) is 17.9 Å². The zero-order valence-electron chi connectivity index (χ0n) is 15.9. The molecule has 1 unspecified atom stereocenters. The Labute approximate surface area is 168 Å². The summed E-state index contributed by atoms with van der Waals surface area (Å²) < 4.78 is 5.49. The molecule has 7 heteroatoms. The Hall–Kier alpha value is -3.19. The van der Waals surface area contributed by atoms with Crippen molar-refractivity contribution < 1.29 is 14.0 Å². The fourth-order valence-electron chi connectivity index (χ4n) is 4.36. The van der Waals surface area contributed by atoms with Crippen molar-refractivity contribution in [2.75, 3.05) is 25.0 Å². The van der Waals surface area contributed by atoms with E-state index < -0.39 is 0 Å². The lowest BCUT2D eigenvalue weighted by molar-refractivity contribution is 0.0904. The number of aromatic nitrogens is 1. The van der Waals surface area contributed by atoms with Gasteiger partial charge in [-0.1, -0.05) is 18.2 Å². The van der Waals surface area contributed by atoms with Gasteiger partial charge in [0.15, 0.2) is 5.58 Å². The molecule has 0 spiro atoms. The number of pyridine rings is 1. The average Bonchev–Trinajstić information content (AvgIpc) is 3.30. The monoisotopic (exact) mass is 390 g/mol. The Kier molecular flexibility index (Phi) is 4.52. The Morgan fingerprint density at radius 1 is 1.14 bits per heavy atom. The molecule has 2 N–H and O–H groups in total. The minimum Gasteiger partial charge on any atom is -0.460 e. The van der Waals surface area contributed by atoms with Gasteiger partial charge in [0, 0.05) is 30.1 Å². The van der Waals surface area contributed by atoms with Crippen LogP contribution in [0.25, 0.3) is 11.0 Å². The molecule has 2 aromatic heterocycles. The van der Waals surface area contributed by atoms with Crippen molar-refractivity contribution in [1.29, 1.82) is 0 Å². The molecule has 3 atom stereocenters. The first-order valence-corrected chi connectivity index (χ1v) is 9.92. The number of piperidine rings is 1. The second-order valence-electron chi connectivity index (χ2n) is 7.86. The maximum atomic E-state index is 12.8. The second kappa shape index (κ2) is 7.33. The van der Waals surface area contributed by atoms with E-state index in [1.165, 1.54) is 18.9 Å². The third kappa shape index (κ3) is 3.61. The smallest absolute Gasteiger partial charge is 0.270 e. The highest BCUT2D eigenvalue weighted by Crippen LogP contribution is 2.28. The quantitative estimate of drug-likeness (QED) is 0.715. The molecule has 3 aromatic rings. The van der Waals surface area contributed by atoms with E-state index in [1.807, 2.05) is 18.2 Å². The molecular weight excluding hydrogens is 368 g/mol. The highest BCUT2D eigenvalue weighted by molar-refractivity contribution is 6.09. The van der Waals surface area contributed by atoms with E-state index in [0.29, 0.717) is 33.8 Å². The molecule has 2 amide bonds. The Balaban J connectivity index is 1.33. The van der Waals surface area contributed by atoms with Crippen LogP contribution in [0.15, 0.2) is 53.3 Å². The number of amides is 2. The molecule has 2 bridgehead atoms. The topological polar surface area (TPSA) is 87.5 Å². The Morgan fingerprint density at radius 2 is 2.00 bits per heavy atom. The fourth-order valence-corrected chi connectivity index (χ4v) is 4.36. The van der Waals surface area contributed by atoms with Gasteiger partial charge in [-0.2, -0.15) is 0 Å². The van der Waals surface area contributed by atoms with Crippen LogP contribution in [0, 0.1) is 5.92 Å². The predicted octanol–water partition coefficient (Wildman–Crippen LogP) is 2.90. The Bertz CT molecular complexity index is 1050. The van der Waals surface area contributed by atoms with E-state index in [9.17, 15) is 9.59 Å². The summed E-state index contributed by atoms with van der Waals surface area (Å²) in [5, 5.41) is 6.62. The van der Waals surface area contributed by atoms with Gasteiger partial charge in [0.25, 0.3) is 11.8 Å². The molecule has 4 heterocycles. The summed E-state index contributed by atoms with van der Waals surface area (Å²) in [4.78, 5) is 31.9. The van der Waals surface area contributed by atoms with Crippen molar-refractivity contribution in [2.24, 2.45) is 5.92 Å². The van der Waals surface area contributed by atoms with Crippen LogP contribution in [0.2, 0.25) is 0 Å². The van der Waals surface area contributed by atoms with Crippen molar-refractivity contribution in [3.63, 3.8) is 0 Å². The molecule has 5 rings (SSSR count). The Morgan fingerprint density at radius 3 is 2.83 bits per heavy atom. The number of fused-ring (bicyclic) bond motifs is 3. The zero-order chi connectivity index (χ0) is 19.8. The van der Waals surface area contributed by atoms with Crippen molar-refractivity contribution in [1.82, 2.24) is 15.2 Å². The minimum atomic E-state index is -0.233. The highest BCUT2D eigenvalue weighted by Gasteiger charge is 2.33. The van der Waals surface area contributed by atoms with E-state index >= 15 is 0 Å². The number of hydrogen-bond donors (Lipinski definition) is 2. The van der Waals surface area contributed by atoms with Crippen molar-refractivity contribution >= 4 is 28.5 Å². The summed E-state index contributed by atoms with van der Waals surface area (Å²) in [5.74, 6) is 0.252. The summed E-state index contributed by atoms with van der Waals surface area (Å²) in [6.45, 7) is 3.17. The summed E-state index contributed by atoms with van der Waals surface area (Å²) >= 11 is 0. The van der Waals surface area contributed by atoms with Gasteiger partial charge in [0.05, 0.1) is 11.9 Å². The molecule has 0 radical (unpaired) electrons. The number of hydrogen-bond acceptors (Lipinski definition) is 5. The molecule has 29 heavy (non-hydrogen) atoms. The summed E-state index contributed by atoms with van der Waals surface area (Å²) in [6, 6.07) is 10.8. The van der Waals surface area contributed by atoms with Gasteiger partial charge in [-0.3, -0.25) is 9.59 Å². The van der Waals surface area contributed by atoms with Crippen LogP contribution < -0.4 is 10.6 Å². The summed E-state index contributed by atoms with van der Waals surface area (Å²) in [7, 11) is 0. The van der Waals surface area contributed by atoms with E-state index in [0.717, 1.165) is 26.1 Å². The van der Waals surface area contributed by atoms with Gasteiger partial charge in [-0.15, -0.1) is 0 Å². The summed E-state index contributed by atoms with van der Waals surface area (Å²) in [6.07, 6.45) is 5.24. The summed E-state index contributed by atoms with van der Waals surface area (Å²) in [5.41, 5.74) is 1.91. The van der Waals surface area contributed by atoms with Gasteiger partial charge in [-0.25, -0.2) is 4.98 Å². The third-order valence-electron chi connectivity index (χ3n) is 5.78. The highest BCUT2D eigenvalue weighted by atomic mass is 16.3. The van der Waals surface area contributed by atoms with Gasteiger partial charge in [0.1, 0.15) is 12.0 Å². The van der Waals surface area contributed by atoms with Crippen LogP contribution >= 0.6 is 0 Å². The normalized spacial score (nSPS) is 23.1.